The Morgan fingerprint density at radius 3 is 2.31 bits per heavy atom. The summed E-state index contributed by atoms with van der Waals surface area (Å²) in [7, 11) is 1.73. The highest BCUT2D eigenvalue weighted by atomic mass is 79.9. The number of halogens is 1. The van der Waals surface area contributed by atoms with Crippen molar-refractivity contribution in [3.63, 3.8) is 0 Å². The summed E-state index contributed by atoms with van der Waals surface area (Å²) in [4.78, 5) is 0. The summed E-state index contributed by atoms with van der Waals surface area (Å²) < 4.78 is 5.34. The SMILES string of the molecule is COc1ccc(C(C)C(C)CBr)c(C)c1C. The first-order chi connectivity index (χ1) is 7.52. The van der Waals surface area contributed by atoms with E-state index in [0.29, 0.717) is 11.8 Å². The fourth-order valence-electron chi connectivity index (χ4n) is 1.97. The van der Waals surface area contributed by atoms with Crippen LogP contribution < -0.4 is 4.74 Å². The third-order valence-electron chi connectivity index (χ3n) is 3.59. The summed E-state index contributed by atoms with van der Waals surface area (Å²) in [5.74, 6) is 2.20. The average Bonchev–Trinajstić information content (AvgIpc) is 2.30. The standard InChI is InChI=1S/C14H21BrO/c1-9(8-15)10(2)13-6-7-14(16-5)12(4)11(13)3/h6-7,9-10H,8H2,1-5H3. The van der Waals surface area contributed by atoms with Crippen LogP contribution in [0.2, 0.25) is 0 Å². The molecule has 0 aliphatic carbocycles. The van der Waals surface area contributed by atoms with Gasteiger partial charge in [0.15, 0.2) is 0 Å². The maximum absolute atomic E-state index is 5.34. The third kappa shape index (κ3) is 2.60. The maximum atomic E-state index is 5.34. The van der Waals surface area contributed by atoms with Gasteiger partial charge in [-0.05, 0) is 48.4 Å². The Kier molecular flexibility index (Phi) is 4.85. The van der Waals surface area contributed by atoms with E-state index in [0.717, 1.165) is 11.1 Å². The van der Waals surface area contributed by atoms with Crippen LogP contribution in [0.5, 0.6) is 5.75 Å². The van der Waals surface area contributed by atoms with Crippen molar-refractivity contribution in [3.05, 3.63) is 28.8 Å². The van der Waals surface area contributed by atoms with E-state index in [2.05, 4.69) is 55.8 Å². The minimum absolute atomic E-state index is 0.573. The van der Waals surface area contributed by atoms with Crippen molar-refractivity contribution in [2.24, 2.45) is 5.92 Å². The molecule has 0 aliphatic heterocycles. The van der Waals surface area contributed by atoms with Gasteiger partial charge < -0.3 is 4.74 Å². The predicted molar refractivity (Wildman–Crippen MR) is 73.8 cm³/mol. The minimum atomic E-state index is 0.573. The first-order valence-corrected chi connectivity index (χ1v) is 6.85. The number of hydrogen-bond acceptors (Lipinski definition) is 1. The number of rotatable bonds is 4. The van der Waals surface area contributed by atoms with E-state index in [9.17, 15) is 0 Å². The van der Waals surface area contributed by atoms with Gasteiger partial charge in [-0.3, -0.25) is 0 Å². The second-order valence-electron chi connectivity index (χ2n) is 4.53. The highest BCUT2D eigenvalue weighted by Crippen LogP contribution is 2.32. The van der Waals surface area contributed by atoms with Gasteiger partial charge in [-0.25, -0.2) is 0 Å². The van der Waals surface area contributed by atoms with Gasteiger partial charge in [0.1, 0.15) is 5.75 Å². The van der Waals surface area contributed by atoms with Crippen LogP contribution in [0.1, 0.15) is 36.5 Å². The summed E-state index contributed by atoms with van der Waals surface area (Å²) in [6.07, 6.45) is 0. The summed E-state index contributed by atoms with van der Waals surface area (Å²) in [6, 6.07) is 4.28. The van der Waals surface area contributed by atoms with Crippen LogP contribution in [0.15, 0.2) is 12.1 Å². The molecule has 2 atom stereocenters. The Hall–Kier alpha value is -0.500. The molecule has 1 nitrogen and oxygen atoms in total. The second-order valence-corrected chi connectivity index (χ2v) is 5.17. The molecule has 0 fully saturated rings. The lowest BCUT2D eigenvalue weighted by atomic mass is 9.86. The van der Waals surface area contributed by atoms with E-state index in [1.165, 1.54) is 16.7 Å². The van der Waals surface area contributed by atoms with Crippen molar-refractivity contribution in [2.45, 2.75) is 33.6 Å². The van der Waals surface area contributed by atoms with Crippen LogP contribution in [0.25, 0.3) is 0 Å². The molecule has 1 rings (SSSR count). The molecule has 0 saturated heterocycles. The van der Waals surface area contributed by atoms with E-state index >= 15 is 0 Å². The Balaban J connectivity index is 3.11. The minimum Gasteiger partial charge on any atom is -0.496 e. The molecule has 1 aromatic rings. The van der Waals surface area contributed by atoms with E-state index in [-0.39, 0.29) is 0 Å². The zero-order valence-electron chi connectivity index (χ0n) is 10.8. The quantitative estimate of drug-likeness (QED) is 0.743. The van der Waals surface area contributed by atoms with Gasteiger partial charge >= 0.3 is 0 Å². The summed E-state index contributed by atoms with van der Waals surface area (Å²) >= 11 is 3.56. The second kappa shape index (κ2) is 5.72. The number of hydrogen-bond donors (Lipinski definition) is 0. The Morgan fingerprint density at radius 2 is 1.81 bits per heavy atom. The van der Waals surface area contributed by atoms with E-state index in [4.69, 9.17) is 4.74 Å². The normalized spacial score (nSPS) is 14.6. The lowest BCUT2D eigenvalue weighted by Crippen LogP contribution is -2.09. The molecule has 0 N–H and O–H groups in total. The smallest absolute Gasteiger partial charge is 0.122 e. The van der Waals surface area contributed by atoms with Crippen LogP contribution in [0.3, 0.4) is 0 Å². The molecule has 0 spiro atoms. The van der Waals surface area contributed by atoms with E-state index in [1.54, 1.807) is 7.11 Å². The highest BCUT2D eigenvalue weighted by molar-refractivity contribution is 9.09. The van der Waals surface area contributed by atoms with Crippen molar-refractivity contribution in [1.82, 2.24) is 0 Å². The first kappa shape index (κ1) is 13.6. The largest absolute Gasteiger partial charge is 0.496 e. The van der Waals surface area contributed by atoms with Crippen LogP contribution in [0, 0.1) is 19.8 Å². The average molecular weight is 285 g/mol. The van der Waals surface area contributed by atoms with Gasteiger partial charge in [-0.1, -0.05) is 35.8 Å². The predicted octanol–water partition coefficient (Wildman–Crippen LogP) is 4.45. The molecule has 90 valence electrons. The fraction of sp³-hybridized carbons (Fsp3) is 0.571. The topological polar surface area (TPSA) is 9.23 Å². The molecule has 0 amide bonds. The molecule has 0 aromatic heterocycles. The molecule has 1 aromatic carbocycles. The molecule has 0 heterocycles. The lowest BCUT2D eigenvalue weighted by molar-refractivity contribution is 0.410. The van der Waals surface area contributed by atoms with Gasteiger partial charge in [0, 0.05) is 5.33 Å². The Bertz CT molecular complexity index is 360. The van der Waals surface area contributed by atoms with Gasteiger partial charge in [-0.2, -0.15) is 0 Å². The van der Waals surface area contributed by atoms with E-state index < -0.39 is 0 Å². The van der Waals surface area contributed by atoms with Gasteiger partial charge in [0.25, 0.3) is 0 Å². The molecule has 0 radical (unpaired) electrons. The van der Waals surface area contributed by atoms with Crippen molar-refractivity contribution in [3.8, 4) is 5.75 Å². The monoisotopic (exact) mass is 284 g/mol. The molecule has 16 heavy (non-hydrogen) atoms. The summed E-state index contributed by atoms with van der Waals surface area (Å²) in [6.45, 7) is 8.88. The molecular weight excluding hydrogens is 264 g/mol. The van der Waals surface area contributed by atoms with Crippen molar-refractivity contribution < 1.29 is 4.74 Å². The molecule has 2 unspecified atom stereocenters. The zero-order valence-corrected chi connectivity index (χ0v) is 12.4. The molecule has 0 bridgehead atoms. The maximum Gasteiger partial charge on any atom is 0.122 e. The van der Waals surface area contributed by atoms with Gasteiger partial charge in [0.05, 0.1) is 7.11 Å². The number of benzene rings is 1. The molecular formula is C14H21BrO. The van der Waals surface area contributed by atoms with Crippen LogP contribution >= 0.6 is 15.9 Å². The van der Waals surface area contributed by atoms with Crippen molar-refractivity contribution in [2.75, 3.05) is 12.4 Å². The van der Waals surface area contributed by atoms with Crippen LogP contribution in [0.4, 0.5) is 0 Å². The highest BCUT2D eigenvalue weighted by Gasteiger charge is 2.17. The molecule has 0 saturated carbocycles. The summed E-state index contributed by atoms with van der Waals surface area (Å²) in [5.41, 5.74) is 4.05. The number of methoxy groups -OCH3 is 1. The lowest BCUT2D eigenvalue weighted by Gasteiger charge is -2.22. The van der Waals surface area contributed by atoms with Crippen molar-refractivity contribution in [1.29, 1.82) is 0 Å². The molecule has 2 heteroatoms. The first-order valence-electron chi connectivity index (χ1n) is 5.73. The third-order valence-corrected chi connectivity index (χ3v) is 4.61. The zero-order chi connectivity index (χ0) is 12.3. The molecule has 0 aliphatic rings. The number of alkyl halides is 1. The Labute approximate surface area is 107 Å². The van der Waals surface area contributed by atoms with Gasteiger partial charge in [0.2, 0.25) is 0 Å². The van der Waals surface area contributed by atoms with E-state index in [1.807, 2.05) is 0 Å². The number of ether oxygens (including phenoxy) is 1. The van der Waals surface area contributed by atoms with Gasteiger partial charge in [-0.15, -0.1) is 0 Å². The Morgan fingerprint density at radius 1 is 1.19 bits per heavy atom. The van der Waals surface area contributed by atoms with Crippen LogP contribution in [-0.2, 0) is 0 Å². The fourth-order valence-corrected chi connectivity index (χ4v) is 2.53. The van der Waals surface area contributed by atoms with Crippen molar-refractivity contribution >= 4 is 15.9 Å². The van der Waals surface area contributed by atoms with Crippen LogP contribution in [-0.4, -0.2) is 12.4 Å². The summed E-state index contributed by atoms with van der Waals surface area (Å²) in [5, 5.41) is 1.04.